The molecular formula is C26H22N2O3S. The Morgan fingerprint density at radius 1 is 1.09 bits per heavy atom. The highest BCUT2D eigenvalue weighted by Crippen LogP contribution is 2.40. The monoisotopic (exact) mass is 442 g/mol. The standard InChI is InChI=1S/C26H22N2O3S/c1-31-22(29)16-21-25(30)28-24(18-11-6-3-7-12-18)20-14-8-13-19(23(20)27-26(28)32-21)15-17-9-4-2-5-10-17/h2-7,9-12,15-16,24H,8,13-14H2,1H3/b19-15+,21-16-. The minimum atomic E-state index is -0.542. The maximum atomic E-state index is 13.3. The summed E-state index contributed by atoms with van der Waals surface area (Å²) in [5.74, 6) is -0.542. The van der Waals surface area contributed by atoms with Crippen molar-refractivity contribution in [3.8, 4) is 0 Å². The van der Waals surface area contributed by atoms with Gasteiger partial charge in [0.15, 0.2) is 4.80 Å². The number of esters is 1. The summed E-state index contributed by atoms with van der Waals surface area (Å²) >= 11 is 1.23. The first kappa shape index (κ1) is 20.4. The van der Waals surface area contributed by atoms with Crippen LogP contribution in [0.1, 0.15) is 36.4 Å². The lowest BCUT2D eigenvalue weighted by Crippen LogP contribution is -2.39. The zero-order chi connectivity index (χ0) is 22.1. The summed E-state index contributed by atoms with van der Waals surface area (Å²) in [6.45, 7) is 0. The number of fused-ring (bicyclic) bond motifs is 1. The van der Waals surface area contributed by atoms with E-state index in [2.05, 4.69) is 18.2 Å². The molecule has 3 aromatic rings. The van der Waals surface area contributed by atoms with Crippen LogP contribution in [0.25, 0.3) is 12.2 Å². The van der Waals surface area contributed by atoms with Gasteiger partial charge in [0.25, 0.3) is 5.56 Å². The third kappa shape index (κ3) is 3.67. The summed E-state index contributed by atoms with van der Waals surface area (Å²) in [6.07, 6.45) is 6.28. The molecule has 5 rings (SSSR count). The summed E-state index contributed by atoms with van der Waals surface area (Å²) in [7, 11) is 1.31. The first-order valence-electron chi connectivity index (χ1n) is 10.6. The lowest BCUT2D eigenvalue weighted by molar-refractivity contribution is -0.133. The van der Waals surface area contributed by atoms with Crippen molar-refractivity contribution < 1.29 is 9.53 Å². The number of carbonyl (C=O) groups is 1. The van der Waals surface area contributed by atoms with Crippen LogP contribution in [0.2, 0.25) is 0 Å². The summed E-state index contributed by atoms with van der Waals surface area (Å²) in [6, 6.07) is 20.1. The van der Waals surface area contributed by atoms with E-state index in [0.717, 1.165) is 41.7 Å². The molecule has 2 aliphatic rings. The van der Waals surface area contributed by atoms with E-state index in [9.17, 15) is 9.59 Å². The highest BCUT2D eigenvalue weighted by atomic mass is 32.1. The Balaban J connectivity index is 1.77. The van der Waals surface area contributed by atoms with Gasteiger partial charge < -0.3 is 4.74 Å². The molecular weight excluding hydrogens is 420 g/mol. The Hall–Kier alpha value is -3.51. The van der Waals surface area contributed by atoms with Gasteiger partial charge in [0.05, 0.1) is 18.8 Å². The average Bonchev–Trinajstić information content (AvgIpc) is 3.13. The largest absolute Gasteiger partial charge is 0.466 e. The van der Waals surface area contributed by atoms with Crippen LogP contribution in [-0.2, 0) is 9.53 Å². The van der Waals surface area contributed by atoms with Gasteiger partial charge >= 0.3 is 5.97 Å². The normalized spacial score (nSPS) is 19.3. The molecule has 1 unspecified atom stereocenters. The van der Waals surface area contributed by atoms with Gasteiger partial charge in [-0.1, -0.05) is 72.0 Å². The van der Waals surface area contributed by atoms with Crippen LogP contribution in [0.5, 0.6) is 0 Å². The molecule has 0 bridgehead atoms. The molecule has 5 nitrogen and oxygen atoms in total. The third-order valence-corrected chi connectivity index (χ3v) is 6.82. The van der Waals surface area contributed by atoms with Gasteiger partial charge in [0.2, 0.25) is 0 Å². The lowest BCUT2D eigenvalue weighted by Gasteiger charge is -2.31. The summed E-state index contributed by atoms with van der Waals surface area (Å²) in [5, 5.41) is 0. The van der Waals surface area contributed by atoms with E-state index in [1.807, 2.05) is 48.5 Å². The Bertz CT molecular complexity index is 1410. The van der Waals surface area contributed by atoms with E-state index >= 15 is 0 Å². The van der Waals surface area contributed by atoms with Gasteiger partial charge in [0.1, 0.15) is 4.53 Å². The van der Waals surface area contributed by atoms with Crippen LogP contribution in [-0.4, -0.2) is 17.6 Å². The molecule has 32 heavy (non-hydrogen) atoms. The second-order valence-electron chi connectivity index (χ2n) is 7.82. The van der Waals surface area contributed by atoms with Crippen molar-refractivity contribution in [2.75, 3.05) is 7.11 Å². The minimum Gasteiger partial charge on any atom is -0.466 e. The smallest absolute Gasteiger partial charge is 0.332 e. The molecule has 0 N–H and O–H groups in total. The van der Waals surface area contributed by atoms with E-state index in [-0.39, 0.29) is 11.6 Å². The van der Waals surface area contributed by atoms with Crippen molar-refractivity contribution in [3.63, 3.8) is 0 Å². The van der Waals surface area contributed by atoms with Gasteiger partial charge in [-0.05, 0) is 47.6 Å². The Labute approximate surface area is 189 Å². The van der Waals surface area contributed by atoms with E-state index in [1.54, 1.807) is 4.57 Å². The molecule has 2 heterocycles. The first-order valence-corrected chi connectivity index (χ1v) is 11.4. The van der Waals surface area contributed by atoms with E-state index in [1.165, 1.54) is 30.1 Å². The van der Waals surface area contributed by atoms with Gasteiger partial charge in [-0.2, -0.15) is 0 Å². The molecule has 0 amide bonds. The molecule has 1 aliphatic heterocycles. The molecule has 1 aliphatic carbocycles. The summed E-state index contributed by atoms with van der Waals surface area (Å²) < 4.78 is 6.82. The molecule has 6 heteroatoms. The van der Waals surface area contributed by atoms with Gasteiger partial charge in [-0.3, -0.25) is 9.36 Å². The average molecular weight is 443 g/mol. The molecule has 0 fully saturated rings. The van der Waals surface area contributed by atoms with Gasteiger partial charge in [-0.25, -0.2) is 9.79 Å². The number of hydrogen-bond acceptors (Lipinski definition) is 5. The zero-order valence-electron chi connectivity index (χ0n) is 17.7. The molecule has 0 spiro atoms. The van der Waals surface area contributed by atoms with Crippen LogP contribution in [0.4, 0.5) is 0 Å². The second-order valence-corrected chi connectivity index (χ2v) is 8.83. The molecule has 0 radical (unpaired) electrons. The van der Waals surface area contributed by atoms with Crippen molar-refractivity contribution in [3.05, 3.63) is 108 Å². The fourth-order valence-corrected chi connectivity index (χ4v) is 5.37. The first-order chi connectivity index (χ1) is 15.7. The zero-order valence-corrected chi connectivity index (χ0v) is 18.5. The number of thiazole rings is 1. The number of benzene rings is 2. The van der Waals surface area contributed by atoms with Crippen LogP contribution >= 0.6 is 11.3 Å². The fraction of sp³-hybridized carbons (Fsp3) is 0.192. The predicted octanol–water partition coefficient (Wildman–Crippen LogP) is 3.61. The summed E-state index contributed by atoms with van der Waals surface area (Å²) in [5.41, 5.74) is 5.28. The van der Waals surface area contributed by atoms with Crippen molar-refractivity contribution in [1.29, 1.82) is 0 Å². The van der Waals surface area contributed by atoms with Crippen LogP contribution in [0.15, 0.2) is 87.3 Å². The number of hydrogen-bond donors (Lipinski definition) is 0. The number of ether oxygens (including phenoxy) is 1. The van der Waals surface area contributed by atoms with E-state index in [0.29, 0.717) is 9.33 Å². The lowest BCUT2D eigenvalue weighted by atomic mass is 9.84. The van der Waals surface area contributed by atoms with Gasteiger partial charge in [-0.15, -0.1) is 0 Å². The van der Waals surface area contributed by atoms with Crippen molar-refractivity contribution in [2.24, 2.45) is 4.99 Å². The number of rotatable bonds is 3. The molecule has 2 aromatic carbocycles. The Morgan fingerprint density at radius 3 is 2.53 bits per heavy atom. The topological polar surface area (TPSA) is 60.7 Å². The molecule has 0 saturated carbocycles. The van der Waals surface area contributed by atoms with Crippen LogP contribution in [0.3, 0.4) is 0 Å². The third-order valence-electron chi connectivity index (χ3n) is 5.84. The fourth-order valence-electron chi connectivity index (χ4n) is 4.41. The molecule has 1 atom stereocenters. The molecule has 160 valence electrons. The number of allylic oxidation sites excluding steroid dienone is 2. The maximum absolute atomic E-state index is 13.3. The maximum Gasteiger partial charge on any atom is 0.332 e. The van der Waals surface area contributed by atoms with Crippen LogP contribution in [0, 0.1) is 0 Å². The van der Waals surface area contributed by atoms with E-state index in [4.69, 9.17) is 9.73 Å². The van der Waals surface area contributed by atoms with Gasteiger partial charge in [0, 0.05) is 6.08 Å². The number of nitrogens with zero attached hydrogens (tertiary/aromatic N) is 2. The van der Waals surface area contributed by atoms with Crippen molar-refractivity contribution in [2.45, 2.75) is 25.3 Å². The number of carbonyl (C=O) groups excluding carboxylic acids is 1. The van der Waals surface area contributed by atoms with Crippen molar-refractivity contribution in [1.82, 2.24) is 4.57 Å². The Kier molecular flexibility index (Phi) is 5.45. The highest BCUT2D eigenvalue weighted by molar-refractivity contribution is 7.07. The molecule has 1 aromatic heterocycles. The van der Waals surface area contributed by atoms with E-state index < -0.39 is 5.97 Å². The SMILES string of the molecule is COC(=O)/C=c1\sc2n(c1=O)C(c1ccccc1)C1=C(N=2)/C(=C/c2ccccc2)CCC1. The summed E-state index contributed by atoms with van der Waals surface area (Å²) in [4.78, 5) is 30.7. The van der Waals surface area contributed by atoms with Crippen LogP contribution < -0.4 is 14.9 Å². The number of aromatic nitrogens is 1. The molecule has 0 saturated heterocycles. The minimum absolute atomic E-state index is 0.210. The Morgan fingerprint density at radius 2 is 1.81 bits per heavy atom. The predicted molar refractivity (Wildman–Crippen MR) is 126 cm³/mol. The van der Waals surface area contributed by atoms with Crippen molar-refractivity contribution >= 4 is 29.5 Å². The quantitative estimate of drug-likeness (QED) is 0.583. The second kappa shape index (κ2) is 8.55. The highest BCUT2D eigenvalue weighted by Gasteiger charge is 2.32. The number of methoxy groups -OCH3 is 1.